The van der Waals surface area contributed by atoms with Gasteiger partial charge in [-0.25, -0.2) is 9.67 Å². The molecule has 33 heavy (non-hydrogen) atoms. The Labute approximate surface area is 191 Å². The number of benzene rings is 2. The van der Waals surface area contributed by atoms with Crippen LogP contribution in [-0.4, -0.2) is 49.1 Å². The summed E-state index contributed by atoms with van der Waals surface area (Å²) in [6.45, 7) is 2.73. The van der Waals surface area contributed by atoms with E-state index in [1.54, 1.807) is 19.2 Å². The average molecular weight is 450 g/mol. The Morgan fingerprint density at radius 3 is 2.30 bits per heavy atom. The molecule has 0 radical (unpaired) electrons. The number of nitrogens with zero attached hydrogens (tertiary/aromatic N) is 3. The van der Waals surface area contributed by atoms with Crippen molar-refractivity contribution >= 4 is 33.7 Å². The fourth-order valence-electron chi connectivity index (χ4n) is 3.72. The van der Waals surface area contributed by atoms with E-state index in [-0.39, 0.29) is 5.91 Å². The van der Waals surface area contributed by atoms with Gasteiger partial charge in [0.25, 0.3) is 5.91 Å². The molecule has 0 aliphatic carbocycles. The first-order chi connectivity index (χ1) is 16.0. The molecule has 1 amide bonds. The molecular weight excluding hydrogens is 424 g/mol. The largest absolute Gasteiger partial charge is 0.497 e. The first-order valence-corrected chi connectivity index (χ1v) is 10.5. The smallest absolute Gasteiger partial charge is 0.257 e. The summed E-state index contributed by atoms with van der Waals surface area (Å²) in [4.78, 5) is 18.0. The van der Waals surface area contributed by atoms with Crippen LogP contribution in [-0.2, 0) is 6.54 Å². The summed E-state index contributed by atoms with van der Waals surface area (Å²) in [5.74, 6) is 2.00. The van der Waals surface area contributed by atoms with Crippen LogP contribution in [0.3, 0.4) is 0 Å². The van der Waals surface area contributed by atoms with Gasteiger partial charge in [0.15, 0.2) is 23.0 Å². The molecule has 0 spiro atoms. The molecule has 2 heterocycles. The Kier molecular flexibility index (Phi) is 6.21. The van der Waals surface area contributed by atoms with Gasteiger partial charge in [-0.05, 0) is 42.8 Å². The zero-order chi connectivity index (χ0) is 23.5. The van der Waals surface area contributed by atoms with Crippen LogP contribution in [0.1, 0.15) is 23.7 Å². The van der Waals surface area contributed by atoms with Gasteiger partial charge in [-0.1, -0.05) is 6.92 Å². The molecule has 0 saturated carbocycles. The molecular formula is C24H26N4O5. The fourth-order valence-corrected chi connectivity index (χ4v) is 3.72. The summed E-state index contributed by atoms with van der Waals surface area (Å²) in [7, 11) is 6.14. The van der Waals surface area contributed by atoms with Crippen molar-refractivity contribution in [2.75, 3.05) is 33.8 Å². The van der Waals surface area contributed by atoms with E-state index in [0.29, 0.717) is 40.8 Å². The van der Waals surface area contributed by atoms with Gasteiger partial charge in [-0.3, -0.25) is 4.79 Å². The summed E-state index contributed by atoms with van der Waals surface area (Å²) in [6.07, 6.45) is 0.874. The van der Waals surface area contributed by atoms with Crippen LogP contribution in [0.15, 0.2) is 36.4 Å². The predicted molar refractivity (Wildman–Crippen MR) is 126 cm³/mol. The van der Waals surface area contributed by atoms with Crippen molar-refractivity contribution in [3.63, 3.8) is 0 Å². The van der Waals surface area contributed by atoms with E-state index in [9.17, 15) is 4.79 Å². The number of ether oxygens (including phenoxy) is 4. The molecule has 4 rings (SSSR count). The highest BCUT2D eigenvalue weighted by Crippen LogP contribution is 2.38. The van der Waals surface area contributed by atoms with Gasteiger partial charge in [0.1, 0.15) is 5.75 Å². The maximum atomic E-state index is 13.2. The molecule has 0 unspecified atom stereocenters. The van der Waals surface area contributed by atoms with Crippen molar-refractivity contribution in [1.82, 2.24) is 14.8 Å². The van der Waals surface area contributed by atoms with Gasteiger partial charge < -0.3 is 24.3 Å². The lowest BCUT2D eigenvalue weighted by atomic mass is 10.1. The van der Waals surface area contributed by atoms with E-state index in [1.807, 2.05) is 28.9 Å². The number of methoxy groups -OCH3 is 4. The molecule has 9 heteroatoms. The first kappa shape index (κ1) is 22.2. The number of aromatic nitrogens is 3. The van der Waals surface area contributed by atoms with Crippen molar-refractivity contribution in [2.24, 2.45) is 0 Å². The van der Waals surface area contributed by atoms with E-state index in [0.717, 1.165) is 28.5 Å². The minimum atomic E-state index is -0.358. The van der Waals surface area contributed by atoms with Gasteiger partial charge >= 0.3 is 0 Å². The second-order valence-electron chi connectivity index (χ2n) is 7.36. The molecule has 0 fully saturated rings. The maximum absolute atomic E-state index is 13.2. The standard InChI is InChI=1S/C24H26N4O5/c1-6-9-28-23-17(11-14-10-16(30-2)7-8-18(14)25-23)22(27-28)26-24(29)15-12-19(31-3)21(33-5)20(13-15)32-4/h7-8,10-13H,6,9H2,1-5H3,(H,26,27,29). The number of fused-ring (bicyclic) bond motifs is 2. The molecule has 0 aliphatic heterocycles. The molecule has 1 N–H and O–H groups in total. The van der Waals surface area contributed by atoms with Crippen LogP contribution < -0.4 is 24.3 Å². The van der Waals surface area contributed by atoms with Crippen molar-refractivity contribution in [1.29, 1.82) is 0 Å². The predicted octanol–water partition coefficient (Wildman–Crippen LogP) is 4.28. The number of rotatable bonds is 8. The number of carbonyl (C=O) groups excluding carboxylic acids is 1. The van der Waals surface area contributed by atoms with Crippen molar-refractivity contribution in [2.45, 2.75) is 19.9 Å². The Balaban J connectivity index is 1.79. The molecule has 0 saturated heterocycles. The lowest BCUT2D eigenvalue weighted by molar-refractivity contribution is 0.102. The number of hydrogen-bond acceptors (Lipinski definition) is 7. The van der Waals surface area contributed by atoms with E-state index >= 15 is 0 Å². The molecule has 9 nitrogen and oxygen atoms in total. The van der Waals surface area contributed by atoms with Crippen LogP contribution in [0.4, 0.5) is 5.82 Å². The van der Waals surface area contributed by atoms with Gasteiger partial charge in [-0.15, -0.1) is 0 Å². The number of nitrogens with one attached hydrogen (secondary N) is 1. The summed E-state index contributed by atoms with van der Waals surface area (Å²) in [5, 5.41) is 9.18. The van der Waals surface area contributed by atoms with Gasteiger partial charge in [0.05, 0.1) is 39.3 Å². The van der Waals surface area contributed by atoms with E-state index < -0.39 is 0 Å². The second kappa shape index (κ2) is 9.23. The minimum absolute atomic E-state index is 0.345. The summed E-state index contributed by atoms with van der Waals surface area (Å²) < 4.78 is 23.2. The number of aryl methyl sites for hydroxylation is 1. The maximum Gasteiger partial charge on any atom is 0.257 e. The third-order valence-electron chi connectivity index (χ3n) is 5.32. The molecule has 4 aromatic rings. The van der Waals surface area contributed by atoms with Crippen LogP contribution >= 0.6 is 0 Å². The highest BCUT2D eigenvalue weighted by Gasteiger charge is 2.20. The third-order valence-corrected chi connectivity index (χ3v) is 5.32. The zero-order valence-corrected chi connectivity index (χ0v) is 19.3. The quantitative estimate of drug-likeness (QED) is 0.428. The molecule has 0 bridgehead atoms. The Hall–Kier alpha value is -4.01. The first-order valence-electron chi connectivity index (χ1n) is 10.5. The van der Waals surface area contributed by atoms with Crippen LogP contribution in [0.5, 0.6) is 23.0 Å². The molecule has 2 aromatic heterocycles. The van der Waals surface area contributed by atoms with E-state index in [2.05, 4.69) is 17.3 Å². The van der Waals surface area contributed by atoms with Crippen molar-refractivity contribution in [3.8, 4) is 23.0 Å². The average Bonchev–Trinajstić information content (AvgIpc) is 3.17. The lowest BCUT2D eigenvalue weighted by Gasteiger charge is -2.13. The number of amides is 1. The topological polar surface area (TPSA) is 96.7 Å². The highest BCUT2D eigenvalue weighted by atomic mass is 16.5. The second-order valence-corrected chi connectivity index (χ2v) is 7.36. The van der Waals surface area contributed by atoms with Gasteiger partial charge in [0.2, 0.25) is 5.75 Å². The van der Waals surface area contributed by atoms with Crippen LogP contribution in [0.2, 0.25) is 0 Å². The lowest BCUT2D eigenvalue weighted by Crippen LogP contribution is -2.13. The van der Waals surface area contributed by atoms with Crippen molar-refractivity contribution < 1.29 is 23.7 Å². The monoisotopic (exact) mass is 450 g/mol. The Morgan fingerprint density at radius 1 is 0.970 bits per heavy atom. The Bertz CT molecular complexity index is 1310. The number of pyridine rings is 1. The van der Waals surface area contributed by atoms with E-state index in [1.165, 1.54) is 21.3 Å². The fraction of sp³-hybridized carbons (Fsp3) is 0.292. The molecule has 0 atom stereocenters. The number of carbonyl (C=O) groups is 1. The minimum Gasteiger partial charge on any atom is -0.497 e. The summed E-state index contributed by atoms with van der Waals surface area (Å²) in [5.41, 5.74) is 1.87. The highest BCUT2D eigenvalue weighted by molar-refractivity contribution is 6.09. The van der Waals surface area contributed by atoms with Crippen LogP contribution in [0.25, 0.3) is 21.9 Å². The summed E-state index contributed by atoms with van der Waals surface area (Å²) in [6, 6.07) is 10.8. The Morgan fingerprint density at radius 2 is 1.70 bits per heavy atom. The third kappa shape index (κ3) is 4.09. The molecule has 172 valence electrons. The SMILES string of the molecule is CCCn1nc(NC(=O)c2cc(OC)c(OC)c(OC)c2)c2cc3cc(OC)ccc3nc21. The molecule has 2 aromatic carbocycles. The number of hydrogen-bond donors (Lipinski definition) is 1. The summed E-state index contributed by atoms with van der Waals surface area (Å²) >= 11 is 0. The van der Waals surface area contributed by atoms with Crippen molar-refractivity contribution in [3.05, 3.63) is 42.0 Å². The normalized spacial score (nSPS) is 10.9. The van der Waals surface area contributed by atoms with Crippen LogP contribution in [0, 0.1) is 0 Å². The molecule has 0 aliphatic rings. The van der Waals surface area contributed by atoms with Gasteiger partial charge in [0, 0.05) is 17.5 Å². The zero-order valence-electron chi connectivity index (χ0n) is 19.3. The number of anilines is 1. The van der Waals surface area contributed by atoms with E-state index in [4.69, 9.17) is 23.9 Å². The van der Waals surface area contributed by atoms with Gasteiger partial charge in [-0.2, -0.15) is 5.10 Å².